The fraction of sp³-hybridized carbons (Fsp3) is 0.278. The Hall–Kier alpha value is -2.69. The smallest absolute Gasteiger partial charge is 0.273 e. The number of benzene rings is 2. The summed E-state index contributed by atoms with van der Waals surface area (Å²) in [6, 6.07) is 12.7. The number of rotatable bonds is 2. The number of nitro groups is 1. The van der Waals surface area contributed by atoms with Crippen molar-refractivity contribution in [1.29, 1.82) is 0 Å². The maximum Gasteiger partial charge on any atom is 0.273 e. The van der Waals surface area contributed by atoms with Gasteiger partial charge in [-0.05, 0) is 37.5 Å². The summed E-state index contributed by atoms with van der Waals surface area (Å²) in [5.74, 6) is -0.157. The average Bonchev–Trinajstić information content (AvgIpc) is 2.55. The van der Waals surface area contributed by atoms with Gasteiger partial charge in [0.1, 0.15) is 0 Å². The Bertz CT molecular complexity index is 786. The average molecular weight is 310 g/mol. The van der Waals surface area contributed by atoms with Gasteiger partial charge in [-0.1, -0.05) is 30.3 Å². The Morgan fingerprint density at radius 1 is 1.26 bits per heavy atom. The van der Waals surface area contributed by atoms with Crippen LogP contribution in [0.25, 0.3) is 0 Å². The third-order valence-corrected chi connectivity index (χ3v) is 4.51. The maximum atomic E-state index is 12.8. The molecule has 0 saturated carbocycles. The van der Waals surface area contributed by atoms with E-state index in [2.05, 4.69) is 6.07 Å². The topological polar surface area (TPSA) is 63.5 Å². The minimum absolute atomic E-state index is 0.0130. The van der Waals surface area contributed by atoms with Gasteiger partial charge in [0, 0.05) is 23.7 Å². The molecular formula is C18H18N2O3. The summed E-state index contributed by atoms with van der Waals surface area (Å²) < 4.78 is 0. The second kappa shape index (κ2) is 5.83. The molecule has 0 bridgehead atoms. The SMILES string of the molecule is Cc1ccc(C(=O)N2CCc3ccccc3C2C)cc1[N+](=O)[O-]. The minimum Gasteiger partial charge on any atom is -0.332 e. The van der Waals surface area contributed by atoms with E-state index in [1.807, 2.05) is 25.1 Å². The zero-order chi connectivity index (χ0) is 16.6. The number of hydrogen-bond donors (Lipinski definition) is 0. The van der Waals surface area contributed by atoms with Crippen molar-refractivity contribution in [2.24, 2.45) is 0 Å². The van der Waals surface area contributed by atoms with Crippen LogP contribution in [0.1, 0.15) is 40.0 Å². The predicted octanol–water partition coefficient (Wildman–Crippen LogP) is 3.66. The molecule has 0 aromatic heterocycles. The fourth-order valence-electron chi connectivity index (χ4n) is 3.15. The van der Waals surface area contributed by atoms with Crippen LogP contribution in [0.5, 0.6) is 0 Å². The Morgan fingerprint density at radius 3 is 2.74 bits per heavy atom. The van der Waals surface area contributed by atoms with Gasteiger partial charge >= 0.3 is 0 Å². The molecular weight excluding hydrogens is 292 g/mol. The van der Waals surface area contributed by atoms with Gasteiger partial charge in [0.15, 0.2) is 0 Å². The van der Waals surface area contributed by atoms with E-state index < -0.39 is 4.92 Å². The zero-order valence-corrected chi connectivity index (χ0v) is 13.2. The summed E-state index contributed by atoms with van der Waals surface area (Å²) in [5, 5.41) is 11.1. The number of carbonyl (C=O) groups excluding carboxylic acids is 1. The molecule has 3 rings (SSSR count). The van der Waals surface area contributed by atoms with E-state index >= 15 is 0 Å². The highest BCUT2D eigenvalue weighted by Gasteiger charge is 2.28. The lowest BCUT2D eigenvalue weighted by molar-refractivity contribution is -0.385. The minimum atomic E-state index is -0.443. The second-order valence-electron chi connectivity index (χ2n) is 5.88. The Labute approximate surface area is 134 Å². The number of aryl methyl sites for hydroxylation is 1. The molecule has 0 saturated heterocycles. The number of fused-ring (bicyclic) bond motifs is 1. The highest BCUT2D eigenvalue weighted by atomic mass is 16.6. The van der Waals surface area contributed by atoms with Crippen molar-refractivity contribution >= 4 is 11.6 Å². The van der Waals surface area contributed by atoms with Crippen LogP contribution in [-0.4, -0.2) is 22.3 Å². The summed E-state index contributed by atoms with van der Waals surface area (Å²) in [7, 11) is 0. The summed E-state index contributed by atoms with van der Waals surface area (Å²) in [5.41, 5.74) is 3.32. The first kappa shape index (κ1) is 15.2. The number of hydrogen-bond acceptors (Lipinski definition) is 3. The summed E-state index contributed by atoms with van der Waals surface area (Å²) in [6.07, 6.45) is 0.806. The molecule has 1 amide bonds. The first-order chi connectivity index (χ1) is 11.0. The molecule has 23 heavy (non-hydrogen) atoms. The molecule has 118 valence electrons. The monoisotopic (exact) mass is 310 g/mol. The van der Waals surface area contributed by atoms with E-state index in [4.69, 9.17) is 0 Å². The first-order valence-corrected chi connectivity index (χ1v) is 7.63. The van der Waals surface area contributed by atoms with Gasteiger partial charge in [-0.3, -0.25) is 14.9 Å². The molecule has 2 aromatic carbocycles. The molecule has 5 nitrogen and oxygen atoms in total. The van der Waals surface area contributed by atoms with Crippen LogP contribution < -0.4 is 0 Å². The van der Waals surface area contributed by atoms with Crippen LogP contribution in [0.4, 0.5) is 5.69 Å². The largest absolute Gasteiger partial charge is 0.332 e. The second-order valence-corrected chi connectivity index (χ2v) is 5.88. The van der Waals surface area contributed by atoms with E-state index in [1.54, 1.807) is 24.0 Å². The van der Waals surface area contributed by atoms with Crippen molar-refractivity contribution in [3.8, 4) is 0 Å². The quantitative estimate of drug-likeness (QED) is 0.628. The lowest BCUT2D eigenvalue weighted by Crippen LogP contribution is -2.38. The van der Waals surface area contributed by atoms with Gasteiger partial charge in [0.25, 0.3) is 11.6 Å². The molecule has 2 aromatic rings. The van der Waals surface area contributed by atoms with Gasteiger partial charge in [-0.2, -0.15) is 0 Å². The molecule has 1 atom stereocenters. The lowest BCUT2D eigenvalue weighted by Gasteiger charge is -2.35. The normalized spacial score (nSPS) is 16.8. The molecule has 1 heterocycles. The predicted molar refractivity (Wildman–Crippen MR) is 87.4 cm³/mol. The first-order valence-electron chi connectivity index (χ1n) is 7.63. The molecule has 0 spiro atoms. The summed E-state index contributed by atoms with van der Waals surface area (Å²) in [4.78, 5) is 25.2. The van der Waals surface area contributed by atoms with Crippen LogP contribution in [0.3, 0.4) is 0 Å². The third kappa shape index (κ3) is 2.70. The molecule has 5 heteroatoms. The van der Waals surface area contributed by atoms with E-state index in [-0.39, 0.29) is 17.6 Å². The van der Waals surface area contributed by atoms with Crippen molar-refractivity contribution in [2.75, 3.05) is 6.54 Å². The van der Waals surface area contributed by atoms with Crippen LogP contribution in [-0.2, 0) is 6.42 Å². The van der Waals surface area contributed by atoms with Crippen LogP contribution >= 0.6 is 0 Å². The Kier molecular flexibility index (Phi) is 3.86. The molecule has 1 aliphatic heterocycles. The molecule has 0 radical (unpaired) electrons. The van der Waals surface area contributed by atoms with Gasteiger partial charge < -0.3 is 4.90 Å². The van der Waals surface area contributed by atoms with E-state index in [1.165, 1.54) is 11.6 Å². The molecule has 0 fully saturated rings. The van der Waals surface area contributed by atoms with Gasteiger partial charge in [0.2, 0.25) is 0 Å². The molecule has 0 N–H and O–H groups in total. The van der Waals surface area contributed by atoms with Crippen molar-refractivity contribution < 1.29 is 9.72 Å². The van der Waals surface area contributed by atoms with Crippen molar-refractivity contribution in [1.82, 2.24) is 4.90 Å². The van der Waals surface area contributed by atoms with Crippen LogP contribution in [0, 0.1) is 17.0 Å². The van der Waals surface area contributed by atoms with Gasteiger partial charge in [0.05, 0.1) is 11.0 Å². The summed E-state index contributed by atoms with van der Waals surface area (Å²) >= 11 is 0. The molecule has 1 unspecified atom stereocenters. The number of nitrogens with zero attached hydrogens (tertiary/aromatic N) is 2. The molecule has 0 aliphatic carbocycles. The molecule has 1 aliphatic rings. The van der Waals surface area contributed by atoms with Gasteiger partial charge in [-0.15, -0.1) is 0 Å². The number of carbonyl (C=O) groups is 1. The van der Waals surface area contributed by atoms with Crippen molar-refractivity contribution in [2.45, 2.75) is 26.3 Å². The van der Waals surface area contributed by atoms with E-state index in [9.17, 15) is 14.9 Å². The van der Waals surface area contributed by atoms with Gasteiger partial charge in [-0.25, -0.2) is 0 Å². The Balaban J connectivity index is 1.93. The highest BCUT2D eigenvalue weighted by molar-refractivity contribution is 5.95. The zero-order valence-electron chi connectivity index (χ0n) is 13.2. The number of amides is 1. The van der Waals surface area contributed by atoms with E-state index in [0.29, 0.717) is 17.7 Å². The standard InChI is InChI=1S/C18H18N2O3/c1-12-7-8-15(11-17(12)20(22)23)18(21)19-10-9-14-5-3-4-6-16(14)13(19)2/h3-8,11,13H,9-10H2,1-2H3. The third-order valence-electron chi connectivity index (χ3n) is 4.51. The lowest BCUT2D eigenvalue weighted by atomic mass is 9.93. The maximum absolute atomic E-state index is 12.8. The Morgan fingerprint density at radius 2 is 2.00 bits per heavy atom. The van der Waals surface area contributed by atoms with Crippen LogP contribution in [0.2, 0.25) is 0 Å². The summed E-state index contributed by atoms with van der Waals surface area (Å²) in [6.45, 7) is 4.29. The van der Waals surface area contributed by atoms with Crippen LogP contribution in [0.15, 0.2) is 42.5 Å². The van der Waals surface area contributed by atoms with E-state index in [0.717, 1.165) is 12.0 Å². The van der Waals surface area contributed by atoms with Crippen molar-refractivity contribution in [3.05, 3.63) is 74.8 Å². The van der Waals surface area contributed by atoms with Crippen molar-refractivity contribution in [3.63, 3.8) is 0 Å². The number of nitro benzene ring substituents is 1. The fourth-order valence-corrected chi connectivity index (χ4v) is 3.15. The highest BCUT2D eigenvalue weighted by Crippen LogP contribution is 2.31.